The zero-order valence-electron chi connectivity index (χ0n) is 11.9. The molecule has 0 fully saturated rings. The maximum atomic E-state index is 6.01. The number of hydrogen-bond acceptors (Lipinski definition) is 2. The highest BCUT2D eigenvalue weighted by Gasteiger charge is 2.13. The fourth-order valence-electron chi connectivity index (χ4n) is 2.22. The van der Waals surface area contributed by atoms with Crippen molar-refractivity contribution in [3.8, 4) is 16.9 Å². The lowest BCUT2D eigenvalue weighted by Crippen LogP contribution is -1.99. The third kappa shape index (κ3) is 3.11. The van der Waals surface area contributed by atoms with Gasteiger partial charge in [0.1, 0.15) is 0 Å². The van der Waals surface area contributed by atoms with Crippen molar-refractivity contribution < 1.29 is 0 Å². The van der Waals surface area contributed by atoms with Crippen LogP contribution in [0.4, 0.5) is 0 Å². The molecular weight excluding hydrogens is 312 g/mol. The number of halogens is 1. The molecule has 1 heterocycles. The van der Waals surface area contributed by atoms with Crippen molar-refractivity contribution in [2.45, 2.75) is 5.16 Å². The van der Waals surface area contributed by atoms with E-state index in [-0.39, 0.29) is 0 Å². The summed E-state index contributed by atoms with van der Waals surface area (Å²) in [5.41, 5.74) is 3.25. The first kappa shape index (κ1) is 14.9. The Kier molecular flexibility index (Phi) is 4.66. The van der Waals surface area contributed by atoms with Gasteiger partial charge < -0.3 is 0 Å². The molecule has 0 atom stereocenters. The number of thioether (sulfide) groups is 1. The lowest BCUT2D eigenvalue weighted by Gasteiger charge is -2.12. The quantitative estimate of drug-likeness (QED) is 0.457. The van der Waals surface area contributed by atoms with E-state index in [9.17, 15) is 0 Å². The van der Waals surface area contributed by atoms with Gasteiger partial charge >= 0.3 is 0 Å². The van der Waals surface area contributed by atoms with Crippen molar-refractivity contribution in [1.82, 2.24) is 9.55 Å². The zero-order valence-corrected chi connectivity index (χ0v) is 13.5. The van der Waals surface area contributed by atoms with E-state index in [0.717, 1.165) is 32.9 Å². The number of nitrogens with zero attached hydrogens (tertiary/aromatic N) is 2. The van der Waals surface area contributed by atoms with E-state index >= 15 is 0 Å². The van der Waals surface area contributed by atoms with E-state index in [1.54, 1.807) is 11.8 Å². The number of aromatic nitrogens is 2. The van der Waals surface area contributed by atoms with Gasteiger partial charge in [0.25, 0.3) is 0 Å². The van der Waals surface area contributed by atoms with Crippen LogP contribution < -0.4 is 0 Å². The van der Waals surface area contributed by atoms with Crippen LogP contribution in [0.3, 0.4) is 0 Å². The molecule has 4 heteroatoms. The highest BCUT2D eigenvalue weighted by molar-refractivity contribution is 7.99. The largest absolute Gasteiger partial charge is 0.287 e. The smallest absolute Gasteiger partial charge is 0.173 e. The first-order chi connectivity index (χ1) is 10.8. The second kappa shape index (κ2) is 6.86. The molecule has 0 spiro atoms. The Hall–Kier alpha value is -1.97. The zero-order chi connectivity index (χ0) is 15.4. The maximum Gasteiger partial charge on any atom is 0.173 e. The Labute approximate surface area is 139 Å². The average molecular weight is 327 g/mol. The lowest BCUT2D eigenvalue weighted by molar-refractivity contribution is 0.902. The van der Waals surface area contributed by atoms with Crippen molar-refractivity contribution in [3.63, 3.8) is 0 Å². The second-order valence-electron chi connectivity index (χ2n) is 4.70. The minimum Gasteiger partial charge on any atom is -0.287 e. The minimum absolute atomic E-state index is 0.727. The SMILES string of the molecule is C=CCSc1ncc(-c2ccccc2)n1-c1ccc(Cl)cc1. The fraction of sp³-hybridized carbons (Fsp3) is 0.0556. The highest BCUT2D eigenvalue weighted by Crippen LogP contribution is 2.30. The first-order valence-corrected chi connectivity index (χ1v) is 8.29. The molecule has 0 amide bonds. The maximum absolute atomic E-state index is 6.01. The molecule has 0 unspecified atom stereocenters. The molecule has 3 rings (SSSR count). The van der Waals surface area contributed by atoms with Gasteiger partial charge in [-0.25, -0.2) is 4.98 Å². The van der Waals surface area contributed by atoms with E-state index in [4.69, 9.17) is 11.6 Å². The topological polar surface area (TPSA) is 17.8 Å². The van der Waals surface area contributed by atoms with Crippen molar-refractivity contribution in [3.05, 3.63) is 78.5 Å². The first-order valence-electron chi connectivity index (χ1n) is 6.92. The van der Waals surface area contributed by atoms with Gasteiger partial charge in [-0.05, 0) is 24.3 Å². The van der Waals surface area contributed by atoms with Gasteiger partial charge in [-0.2, -0.15) is 0 Å². The Balaban J connectivity index is 2.13. The van der Waals surface area contributed by atoms with Gasteiger partial charge in [0.05, 0.1) is 11.9 Å². The van der Waals surface area contributed by atoms with Gasteiger partial charge in [-0.15, -0.1) is 6.58 Å². The Morgan fingerprint density at radius 3 is 2.50 bits per heavy atom. The molecule has 110 valence electrons. The fourth-order valence-corrected chi connectivity index (χ4v) is 3.08. The molecule has 3 aromatic rings. The van der Waals surface area contributed by atoms with Crippen molar-refractivity contribution in [2.75, 3.05) is 5.75 Å². The number of rotatable bonds is 5. The van der Waals surface area contributed by atoms with Crippen LogP contribution in [0.5, 0.6) is 0 Å². The van der Waals surface area contributed by atoms with E-state index in [1.165, 1.54) is 0 Å². The molecule has 0 saturated heterocycles. The van der Waals surface area contributed by atoms with Crippen molar-refractivity contribution in [1.29, 1.82) is 0 Å². The van der Waals surface area contributed by atoms with Crippen LogP contribution >= 0.6 is 23.4 Å². The van der Waals surface area contributed by atoms with Crippen LogP contribution in [0.15, 0.2) is 78.6 Å². The summed E-state index contributed by atoms with van der Waals surface area (Å²) in [6.45, 7) is 3.78. The molecule has 0 aliphatic rings. The Bertz CT molecular complexity index is 764. The van der Waals surface area contributed by atoms with Crippen LogP contribution in [-0.2, 0) is 0 Å². The molecule has 0 aliphatic heterocycles. The molecule has 0 saturated carbocycles. The molecule has 0 radical (unpaired) electrons. The molecule has 1 aromatic heterocycles. The summed E-state index contributed by atoms with van der Waals surface area (Å²) in [6, 6.07) is 18.1. The Morgan fingerprint density at radius 2 is 1.82 bits per heavy atom. The summed E-state index contributed by atoms with van der Waals surface area (Å²) in [7, 11) is 0. The van der Waals surface area contributed by atoms with Gasteiger partial charge in [0.15, 0.2) is 5.16 Å². The molecule has 2 aromatic carbocycles. The lowest BCUT2D eigenvalue weighted by atomic mass is 10.1. The van der Waals surface area contributed by atoms with Crippen LogP contribution in [0.2, 0.25) is 5.02 Å². The number of imidazole rings is 1. The molecule has 0 N–H and O–H groups in total. The van der Waals surface area contributed by atoms with Crippen molar-refractivity contribution >= 4 is 23.4 Å². The third-order valence-corrected chi connectivity index (χ3v) is 4.41. The molecule has 2 nitrogen and oxygen atoms in total. The van der Waals surface area contributed by atoms with E-state index < -0.39 is 0 Å². The molecule has 0 bridgehead atoms. The summed E-state index contributed by atoms with van der Waals surface area (Å²) in [5.74, 6) is 0.818. The standard InChI is InChI=1S/C18H15ClN2S/c1-2-12-22-18-20-13-17(14-6-4-3-5-7-14)21(18)16-10-8-15(19)9-11-16/h2-11,13H,1,12H2. The van der Waals surface area contributed by atoms with Crippen LogP contribution in [0, 0.1) is 0 Å². The molecule has 22 heavy (non-hydrogen) atoms. The van der Waals surface area contributed by atoms with Gasteiger partial charge in [0, 0.05) is 22.0 Å². The van der Waals surface area contributed by atoms with Gasteiger partial charge in [-0.3, -0.25) is 4.57 Å². The second-order valence-corrected chi connectivity index (χ2v) is 6.13. The summed E-state index contributed by atoms with van der Waals surface area (Å²) in [5, 5.41) is 1.67. The minimum atomic E-state index is 0.727. The molecular formula is C18H15ClN2S. The average Bonchev–Trinajstić information content (AvgIpc) is 2.98. The third-order valence-electron chi connectivity index (χ3n) is 3.21. The summed E-state index contributed by atoms with van der Waals surface area (Å²) < 4.78 is 2.15. The van der Waals surface area contributed by atoms with Crippen LogP contribution in [-0.4, -0.2) is 15.3 Å². The van der Waals surface area contributed by atoms with E-state index in [1.807, 2.05) is 54.7 Å². The molecule has 0 aliphatic carbocycles. The normalized spacial score (nSPS) is 10.6. The van der Waals surface area contributed by atoms with E-state index in [2.05, 4.69) is 28.3 Å². The van der Waals surface area contributed by atoms with Gasteiger partial charge in [0.2, 0.25) is 0 Å². The van der Waals surface area contributed by atoms with E-state index in [0.29, 0.717) is 0 Å². The Morgan fingerprint density at radius 1 is 1.09 bits per heavy atom. The van der Waals surface area contributed by atoms with Crippen LogP contribution in [0.1, 0.15) is 0 Å². The van der Waals surface area contributed by atoms with Gasteiger partial charge in [-0.1, -0.05) is 59.8 Å². The van der Waals surface area contributed by atoms with Crippen LogP contribution in [0.25, 0.3) is 16.9 Å². The number of benzene rings is 2. The predicted molar refractivity (Wildman–Crippen MR) is 94.9 cm³/mol. The summed E-state index contributed by atoms with van der Waals surface area (Å²) in [4.78, 5) is 4.57. The van der Waals surface area contributed by atoms with Crippen molar-refractivity contribution in [2.24, 2.45) is 0 Å². The summed E-state index contributed by atoms with van der Waals surface area (Å²) >= 11 is 7.67. The number of hydrogen-bond donors (Lipinski definition) is 0. The summed E-state index contributed by atoms with van der Waals surface area (Å²) in [6.07, 6.45) is 3.79. The predicted octanol–water partition coefficient (Wildman–Crippen LogP) is 5.47. The highest BCUT2D eigenvalue weighted by atomic mass is 35.5. The monoisotopic (exact) mass is 326 g/mol.